The number of aromatic nitrogens is 1. The van der Waals surface area contributed by atoms with Crippen LogP contribution in [0, 0.1) is 6.92 Å². The first-order valence-corrected chi connectivity index (χ1v) is 14.2. The molecule has 5 rings (SSSR count). The van der Waals surface area contributed by atoms with Gasteiger partial charge in [0, 0.05) is 49.7 Å². The fourth-order valence-corrected chi connectivity index (χ4v) is 5.99. The number of amides is 1. The van der Waals surface area contributed by atoms with E-state index < -0.39 is 11.7 Å². The minimum Gasteiger partial charge on any atom is -0.332 e. The standard InChI is InChI=1S/C33H36F3N3O/c1-24-22-28(16-19-37-24)27-11-6-26(7-12-27)23-39(31-17-20-38(21-18-31)30-4-2-3-5-30)32(40)15-10-25-8-13-29(14-9-25)33(34,35)36/h6-16,19,22,30-31H,2-5,17-18,20-21,23H2,1H3. The number of nitrogens with zero attached hydrogens (tertiary/aromatic N) is 3. The maximum Gasteiger partial charge on any atom is 0.416 e. The van der Waals surface area contributed by atoms with Crippen LogP contribution in [0.2, 0.25) is 0 Å². The first-order chi connectivity index (χ1) is 19.3. The second-order valence-electron chi connectivity index (χ2n) is 11.0. The Bertz CT molecular complexity index is 1300. The summed E-state index contributed by atoms with van der Waals surface area (Å²) < 4.78 is 38.8. The summed E-state index contributed by atoms with van der Waals surface area (Å²) in [7, 11) is 0. The highest BCUT2D eigenvalue weighted by Gasteiger charge is 2.32. The summed E-state index contributed by atoms with van der Waals surface area (Å²) >= 11 is 0. The van der Waals surface area contributed by atoms with E-state index in [2.05, 4.69) is 40.2 Å². The van der Waals surface area contributed by atoms with Crippen LogP contribution in [0.15, 0.2) is 72.9 Å². The number of pyridine rings is 1. The van der Waals surface area contributed by atoms with Gasteiger partial charge in [0.1, 0.15) is 0 Å². The summed E-state index contributed by atoms with van der Waals surface area (Å²) in [5, 5.41) is 0. The predicted molar refractivity (Wildman–Crippen MR) is 152 cm³/mol. The molecule has 210 valence electrons. The lowest BCUT2D eigenvalue weighted by Crippen LogP contribution is -2.48. The molecule has 2 aliphatic rings. The molecule has 1 aliphatic carbocycles. The van der Waals surface area contributed by atoms with Gasteiger partial charge in [0.2, 0.25) is 5.91 Å². The molecule has 7 heteroatoms. The molecule has 0 atom stereocenters. The van der Waals surface area contributed by atoms with Crippen molar-refractivity contribution in [3.05, 3.63) is 95.3 Å². The Hall–Kier alpha value is -3.45. The van der Waals surface area contributed by atoms with E-state index in [1.54, 1.807) is 12.3 Å². The van der Waals surface area contributed by atoms with Crippen molar-refractivity contribution in [2.45, 2.75) is 70.3 Å². The van der Waals surface area contributed by atoms with Crippen molar-refractivity contribution in [1.82, 2.24) is 14.8 Å². The van der Waals surface area contributed by atoms with E-state index in [1.807, 2.05) is 17.9 Å². The minimum absolute atomic E-state index is 0.116. The maximum absolute atomic E-state index is 13.5. The number of piperidine rings is 1. The Morgan fingerprint density at radius 3 is 2.25 bits per heavy atom. The van der Waals surface area contributed by atoms with Gasteiger partial charge >= 0.3 is 6.18 Å². The Morgan fingerprint density at radius 1 is 0.950 bits per heavy atom. The van der Waals surface area contributed by atoms with Gasteiger partial charge in [-0.1, -0.05) is 49.2 Å². The summed E-state index contributed by atoms with van der Waals surface area (Å²) in [6.07, 6.45) is 7.53. The van der Waals surface area contributed by atoms with Gasteiger partial charge in [0.15, 0.2) is 0 Å². The van der Waals surface area contributed by atoms with Gasteiger partial charge in [-0.15, -0.1) is 0 Å². The van der Waals surface area contributed by atoms with Gasteiger partial charge < -0.3 is 9.80 Å². The second kappa shape index (κ2) is 12.4. The maximum atomic E-state index is 13.5. The molecule has 1 aliphatic heterocycles. The number of rotatable bonds is 7. The van der Waals surface area contributed by atoms with Crippen molar-refractivity contribution in [1.29, 1.82) is 0 Å². The summed E-state index contributed by atoms with van der Waals surface area (Å²) in [4.78, 5) is 22.4. The first kappa shape index (κ1) is 28.1. The number of aryl methyl sites for hydroxylation is 1. The smallest absolute Gasteiger partial charge is 0.332 e. The highest BCUT2D eigenvalue weighted by Crippen LogP contribution is 2.30. The molecule has 0 radical (unpaired) electrons. The van der Waals surface area contributed by atoms with E-state index in [1.165, 1.54) is 43.9 Å². The van der Waals surface area contributed by atoms with Gasteiger partial charge in [-0.25, -0.2) is 0 Å². The minimum atomic E-state index is -4.38. The highest BCUT2D eigenvalue weighted by atomic mass is 19.4. The van der Waals surface area contributed by atoms with Crippen LogP contribution in [-0.4, -0.2) is 45.9 Å². The van der Waals surface area contributed by atoms with Crippen molar-refractivity contribution in [3.8, 4) is 11.1 Å². The number of carbonyl (C=O) groups is 1. The third-order valence-corrected chi connectivity index (χ3v) is 8.26. The molecular weight excluding hydrogens is 511 g/mol. The van der Waals surface area contributed by atoms with E-state index in [9.17, 15) is 18.0 Å². The summed E-state index contributed by atoms with van der Waals surface area (Å²) in [6.45, 7) is 4.43. The van der Waals surface area contributed by atoms with Crippen molar-refractivity contribution in [2.24, 2.45) is 0 Å². The Balaban J connectivity index is 1.31. The molecule has 2 heterocycles. The summed E-state index contributed by atoms with van der Waals surface area (Å²) in [6, 6.07) is 18.0. The third-order valence-electron chi connectivity index (χ3n) is 8.26. The number of hydrogen-bond acceptors (Lipinski definition) is 3. The zero-order chi connectivity index (χ0) is 28.1. The summed E-state index contributed by atoms with van der Waals surface area (Å²) in [5.74, 6) is -0.118. The molecule has 1 saturated heterocycles. The lowest BCUT2D eigenvalue weighted by Gasteiger charge is -2.40. The lowest BCUT2D eigenvalue weighted by molar-refractivity contribution is -0.137. The van der Waals surface area contributed by atoms with E-state index in [4.69, 9.17) is 0 Å². The average Bonchev–Trinajstić information content (AvgIpc) is 3.50. The molecule has 0 unspecified atom stereocenters. The molecule has 0 spiro atoms. The van der Waals surface area contributed by atoms with E-state index in [0.29, 0.717) is 18.2 Å². The summed E-state index contributed by atoms with van der Waals surface area (Å²) in [5.41, 5.74) is 4.07. The van der Waals surface area contributed by atoms with Gasteiger partial charge in [0.25, 0.3) is 0 Å². The van der Waals surface area contributed by atoms with E-state index in [-0.39, 0.29) is 11.9 Å². The predicted octanol–water partition coefficient (Wildman–Crippen LogP) is 7.52. The first-order valence-electron chi connectivity index (χ1n) is 14.2. The molecule has 1 aromatic heterocycles. The average molecular weight is 548 g/mol. The topological polar surface area (TPSA) is 36.4 Å². The number of halogens is 3. The normalized spacial score (nSPS) is 17.5. The molecule has 0 N–H and O–H groups in total. The van der Waals surface area contributed by atoms with Crippen LogP contribution in [0.4, 0.5) is 13.2 Å². The number of alkyl halides is 3. The van der Waals surface area contributed by atoms with Crippen LogP contribution in [0.1, 0.15) is 60.9 Å². The Labute approximate surface area is 234 Å². The molecule has 1 saturated carbocycles. The quantitative estimate of drug-likeness (QED) is 0.287. The van der Waals surface area contributed by atoms with Crippen LogP contribution in [0.3, 0.4) is 0 Å². The Morgan fingerprint density at radius 2 is 1.62 bits per heavy atom. The fourth-order valence-electron chi connectivity index (χ4n) is 5.99. The molecule has 1 amide bonds. The number of carbonyl (C=O) groups excluding carboxylic acids is 1. The van der Waals surface area contributed by atoms with E-state index in [0.717, 1.165) is 60.4 Å². The SMILES string of the molecule is Cc1cc(-c2ccc(CN(C(=O)C=Cc3ccc(C(F)(F)F)cc3)C3CCN(C4CCCC4)CC3)cc2)ccn1. The molecule has 4 nitrogen and oxygen atoms in total. The second-order valence-corrected chi connectivity index (χ2v) is 11.0. The largest absolute Gasteiger partial charge is 0.416 e. The number of hydrogen-bond donors (Lipinski definition) is 0. The molecule has 40 heavy (non-hydrogen) atoms. The van der Waals surface area contributed by atoms with Crippen LogP contribution >= 0.6 is 0 Å². The highest BCUT2D eigenvalue weighted by molar-refractivity contribution is 5.92. The molecule has 2 aromatic carbocycles. The third kappa shape index (κ3) is 7.00. The molecule has 3 aromatic rings. The lowest BCUT2D eigenvalue weighted by atomic mass is 9.99. The van der Waals surface area contributed by atoms with Crippen LogP contribution in [0.25, 0.3) is 17.2 Å². The zero-order valence-electron chi connectivity index (χ0n) is 22.9. The van der Waals surface area contributed by atoms with Crippen LogP contribution in [0.5, 0.6) is 0 Å². The molecular formula is C33H36F3N3O. The van der Waals surface area contributed by atoms with Crippen molar-refractivity contribution in [3.63, 3.8) is 0 Å². The van der Waals surface area contributed by atoms with Crippen LogP contribution < -0.4 is 0 Å². The van der Waals surface area contributed by atoms with Crippen molar-refractivity contribution in [2.75, 3.05) is 13.1 Å². The number of likely N-dealkylation sites (tertiary alicyclic amines) is 1. The monoisotopic (exact) mass is 547 g/mol. The zero-order valence-corrected chi connectivity index (χ0v) is 22.9. The van der Waals surface area contributed by atoms with Gasteiger partial charge in [0.05, 0.1) is 5.56 Å². The molecule has 2 fully saturated rings. The van der Waals surface area contributed by atoms with Gasteiger partial charge in [-0.3, -0.25) is 9.78 Å². The fraction of sp³-hybridized carbons (Fsp3) is 0.394. The van der Waals surface area contributed by atoms with E-state index >= 15 is 0 Å². The van der Waals surface area contributed by atoms with Crippen LogP contribution in [-0.2, 0) is 17.5 Å². The van der Waals surface area contributed by atoms with Gasteiger partial charge in [-0.2, -0.15) is 13.2 Å². The van der Waals surface area contributed by atoms with Crippen molar-refractivity contribution >= 4 is 12.0 Å². The number of benzene rings is 2. The van der Waals surface area contributed by atoms with Crippen molar-refractivity contribution < 1.29 is 18.0 Å². The molecule has 0 bridgehead atoms. The Kier molecular flexibility index (Phi) is 8.69. The van der Waals surface area contributed by atoms with Gasteiger partial charge in [-0.05, 0) is 85.2 Å².